The third kappa shape index (κ3) is 4.57. The van der Waals surface area contributed by atoms with Crippen molar-refractivity contribution in [1.82, 2.24) is 0 Å². The van der Waals surface area contributed by atoms with E-state index in [9.17, 15) is 9.90 Å². The summed E-state index contributed by atoms with van der Waals surface area (Å²) in [5.74, 6) is -1.19. The molecule has 1 aromatic carbocycles. The van der Waals surface area contributed by atoms with Gasteiger partial charge in [0.05, 0.1) is 5.92 Å². The highest BCUT2D eigenvalue weighted by atomic mass is 16.4. The molecular formula is C14H20O3. The smallest absolute Gasteiger partial charge is 0.310 e. The summed E-state index contributed by atoms with van der Waals surface area (Å²) in [5.41, 5.74) is 2.00. The topological polar surface area (TPSA) is 57.5 Å². The first-order valence-electron chi connectivity index (χ1n) is 6.05. The third-order valence-corrected chi connectivity index (χ3v) is 2.93. The Morgan fingerprint density at radius 2 is 1.82 bits per heavy atom. The fourth-order valence-electron chi connectivity index (χ4n) is 1.87. The van der Waals surface area contributed by atoms with Crippen LogP contribution in [-0.2, 0) is 4.79 Å². The molecule has 0 fully saturated rings. The lowest BCUT2D eigenvalue weighted by Gasteiger charge is -2.12. The van der Waals surface area contributed by atoms with Crippen LogP contribution in [0.3, 0.4) is 0 Å². The molecule has 1 rings (SSSR count). The summed E-state index contributed by atoms with van der Waals surface area (Å²) in [4.78, 5) is 11.2. The minimum Gasteiger partial charge on any atom is -0.481 e. The lowest BCUT2D eigenvalue weighted by atomic mass is 9.93. The van der Waals surface area contributed by atoms with Crippen LogP contribution in [-0.4, -0.2) is 22.8 Å². The molecule has 17 heavy (non-hydrogen) atoms. The quantitative estimate of drug-likeness (QED) is 0.716. The number of aryl methyl sites for hydroxylation is 1. The minimum absolute atomic E-state index is 0.183. The van der Waals surface area contributed by atoms with Crippen molar-refractivity contribution in [1.29, 1.82) is 0 Å². The zero-order chi connectivity index (χ0) is 12.7. The number of carbonyl (C=O) groups is 1. The van der Waals surface area contributed by atoms with E-state index in [4.69, 9.17) is 5.11 Å². The van der Waals surface area contributed by atoms with Crippen molar-refractivity contribution in [3.8, 4) is 0 Å². The van der Waals surface area contributed by atoms with E-state index in [2.05, 4.69) is 0 Å². The molecule has 1 unspecified atom stereocenters. The Labute approximate surface area is 102 Å². The van der Waals surface area contributed by atoms with Gasteiger partial charge in [0.15, 0.2) is 0 Å². The summed E-state index contributed by atoms with van der Waals surface area (Å²) in [6.07, 6.45) is 3.11. The Bertz CT molecular complexity index is 343. The zero-order valence-corrected chi connectivity index (χ0v) is 10.2. The number of aliphatic hydroxyl groups is 1. The summed E-state index contributed by atoms with van der Waals surface area (Å²) < 4.78 is 0. The number of hydrogen-bond acceptors (Lipinski definition) is 2. The molecular weight excluding hydrogens is 216 g/mol. The average molecular weight is 236 g/mol. The molecule has 0 radical (unpaired) electrons. The van der Waals surface area contributed by atoms with Crippen LogP contribution in [0.25, 0.3) is 0 Å². The average Bonchev–Trinajstić information content (AvgIpc) is 2.30. The van der Waals surface area contributed by atoms with Crippen molar-refractivity contribution in [3.63, 3.8) is 0 Å². The molecule has 0 aliphatic rings. The van der Waals surface area contributed by atoms with E-state index >= 15 is 0 Å². The van der Waals surface area contributed by atoms with Crippen molar-refractivity contribution in [3.05, 3.63) is 35.4 Å². The highest BCUT2D eigenvalue weighted by Crippen LogP contribution is 2.23. The number of aliphatic hydroxyl groups excluding tert-OH is 1. The number of hydrogen-bond donors (Lipinski definition) is 2. The van der Waals surface area contributed by atoms with E-state index < -0.39 is 11.9 Å². The Morgan fingerprint density at radius 1 is 1.18 bits per heavy atom. The van der Waals surface area contributed by atoms with E-state index in [-0.39, 0.29) is 6.61 Å². The van der Waals surface area contributed by atoms with Crippen LogP contribution in [0.5, 0.6) is 0 Å². The van der Waals surface area contributed by atoms with Crippen LogP contribution in [0.1, 0.15) is 42.7 Å². The monoisotopic (exact) mass is 236 g/mol. The van der Waals surface area contributed by atoms with Gasteiger partial charge in [0.2, 0.25) is 0 Å². The van der Waals surface area contributed by atoms with Gasteiger partial charge in [0.1, 0.15) is 0 Å². The Kier molecular flexibility index (Phi) is 5.70. The standard InChI is InChI=1S/C14H20O3/c1-11-6-8-12(9-7-11)13(14(16)17)5-3-2-4-10-15/h6-9,13,15H,2-5,10H2,1H3,(H,16,17). The van der Waals surface area contributed by atoms with Crippen LogP contribution in [0.4, 0.5) is 0 Å². The van der Waals surface area contributed by atoms with Crippen LogP contribution in [0.2, 0.25) is 0 Å². The fourth-order valence-corrected chi connectivity index (χ4v) is 1.87. The minimum atomic E-state index is -0.766. The molecule has 0 aliphatic carbocycles. The molecule has 0 saturated heterocycles. The molecule has 2 N–H and O–H groups in total. The lowest BCUT2D eigenvalue weighted by Crippen LogP contribution is -2.11. The summed E-state index contributed by atoms with van der Waals surface area (Å²) in [7, 11) is 0. The van der Waals surface area contributed by atoms with Crippen LogP contribution in [0.15, 0.2) is 24.3 Å². The Morgan fingerprint density at radius 3 is 2.35 bits per heavy atom. The van der Waals surface area contributed by atoms with Crippen molar-refractivity contribution >= 4 is 5.97 Å². The maximum atomic E-state index is 11.2. The molecule has 0 aromatic heterocycles. The first-order valence-corrected chi connectivity index (χ1v) is 6.05. The number of carboxylic acid groups (broad SMARTS) is 1. The van der Waals surface area contributed by atoms with Crippen molar-refractivity contribution < 1.29 is 15.0 Å². The van der Waals surface area contributed by atoms with Crippen molar-refractivity contribution in [2.45, 2.75) is 38.5 Å². The number of aliphatic carboxylic acids is 1. The van der Waals surface area contributed by atoms with Gasteiger partial charge >= 0.3 is 5.97 Å². The summed E-state index contributed by atoms with van der Waals surface area (Å²) in [6, 6.07) is 7.66. The summed E-state index contributed by atoms with van der Waals surface area (Å²) in [5, 5.41) is 17.9. The predicted molar refractivity (Wildman–Crippen MR) is 67.1 cm³/mol. The molecule has 0 heterocycles. The maximum Gasteiger partial charge on any atom is 0.310 e. The van der Waals surface area contributed by atoms with Crippen molar-refractivity contribution in [2.24, 2.45) is 0 Å². The Balaban J connectivity index is 2.59. The van der Waals surface area contributed by atoms with E-state index in [1.807, 2.05) is 31.2 Å². The maximum absolute atomic E-state index is 11.2. The molecule has 3 nitrogen and oxygen atoms in total. The molecule has 0 amide bonds. The van der Waals surface area contributed by atoms with E-state index in [1.165, 1.54) is 0 Å². The lowest BCUT2D eigenvalue weighted by molar-refractivity contribution is -0.139. The summed E-state index contributed by atoms with van der Waals surface area (Å²) >= 11 is 0. The van der Waals surface area contributed by atoms with Gasteiger partial charge in [0.25, 0.3) is 0 Å². The van der Waals surface area contributed by atoms with Gasteiger partial charge in [-0.2, -0.15) is 0 Å². The third-order valence-electron chi connectivity index (χ3n) is 2.93. The van der Waals surface area contributed by atoms with Gasteiger partial charge in [-0.15, -0.1) is 0 Å². The van der Waals surface area contributed by atoms with Gasteiger partial charge in [-0.3, -0.25) is 4.79 Å². The van der Waals surface area contributed by atoms with Crippen LogP contribution < -0.4 is 0 Å². The number of unbranched alkanes of at least 4 members (excludes halogenated alkanes) is 2. The normalized spacial score (nSPS) is 12.4. The Hall–Kier alpha value is -1.35. The largest absolute Gasteiger partial charge is 0.481 e. The highest BCUT2D eigenvalue weighted by Gasteiger charge is 2.18. The van der Waals surface area contributed by atoms with Crippen LogP contribution in [0, 0.1) is 6.92 Å². The molecule has 1 aromatic rings. The van der Waals surface area contributed by atoms with Crippen LogP contribution >= 0.6 is 0 Å². The van der Waals surface area contributed by atoms with Gasteiger partial charge < -0.3 is 10.2 Å². The molecule has 0 saturated carbocycles. The summed E-state index contributed by atoms with van der Waals surface area (Å²) in [6.45, 7) is 2.17. The first kappa shape index (κ1) is 13.7. The number of carboxylic acids is 1. The second-order valence-electron chi connectivity index (χ2n) is 4.37. The highest BCUT2D eigenvalue weighted by molar-refractivity contribution is 5.76. The van der Waals surface area contributed by atoms with E-state index in [1.54, 1.807) is 0 Å². The molecule has 0 spiro atoms. The fraction of sp³-hybridized carbons (Fsp3) is 0.500. The first-order chi connectivity index (χ1) is 8.15. The van der Waals surface area contributed by atoms with Gasteiger partial charge in [-0.1, -0.05) is 42.7 Å². The second-order valence-corrected chi connectivity index (χ2v) is 4.37. The van der Waals surface area contributed by atoms with Gasteiger partial charge in [0, 0.05) is 6.61 Å². The molecule has 94 valence electrons. The molecule has 0 bridgehead atoms. The number of rotatable bonds is 7. The zero-order valence-electron chi connectivity index (χ0n) is 10.2. The van der Waals surface area contributed by atoms with E-state index in [0.29, 0.717) is 6.42 Å². The number of benzene rings is 1. The molecule has 3 heteroatoms. The predicted octanol–water partition coefficient (Wildman–Crippen LogP) is 2.72. The van der Waals surface area contributed by atoms with Gasteiger partial charge in [-0.25, -0.2) is 0 Å². The molecule has 1 atom stereocenters. The molecule has 0 aliphatic heterocycles. The SMILES string of the molecule is Cc1ccc(C(CCCCCO)C(=O)O)cc1. The van der Waals surface area contributed by atoms with E-state index in [0.717, 1.165) is 30.4 Å². The second kappa shape index (κ2) is 7.07. The van der Waals surface area contributed by atoms with Crippen molar-refractivity contribution in [2.75, 3.05) is 6.61 Å². The van der Waals surface area contributed by atoms with Gasteiger partial charge in [-0.05, 0) is 25.3 Å².